The lowest BCUT2D eigenvalue weighted by molar-refractivity contribution is 0.827. The minimum Gasteiger partial charge on any atom is -0.389 e. The summed E-state index contributed by atoms with van der Waals surface area (Å²) in [6, 6.07) is 0. The first kappa shape index (κ1) is 6.91. The highest BCUT2D eigenvalue weighted by Gasteiger charge is 2.37. The minimum atomic E-state index is 0.310. The zero-order valence-electron chi connectivity index (χ0n) is 6.42. The second-order valence-corrected chi connectivity index (χ2v) is 4.32. The molecule has 0 aliphatic heterocycles. The van der Waals surface area contributed by atoms with Crippen LogP contribution in [0.3, 0.4) is 0 Å². The molecule has 1 fully saturated rings. The molecule has 2 rings (SSSR count). The first-order valence-electron chi connectivity index (χ1n) is 3.67. The second kappa shape index (κ2) is 2.11. The molecule has 4 heteroatoms. The molecule has 3 N–H and O–H groups in total. The van der Waals surface area contributed by atoms with Crippen LogP contribution in [0.4, 0.5) is 10.1 Å². The van der Waals surface area contributed by atoms with E-state index in [2.05, 4.69) is 17.2 Å². The van der Waals surface area contributed by atoms with Gasteiger partial charge in [-0.2, -0.15) is 0 Å². The first-order valence-corrected chi connectivity index (χ1v) is 4.49. The third-order valence-electron chi connectivity index (χ3n) is 1.93. The van der Waals surface area contributed by atoms with Crippen LogP contribution in [0.2, 0.25) is 0 Å². The summed E-state index contributed by atoms with van der Waals surface area (Å²) in [6.07, 6.45) is 4.18. The number of nitrogens with one attached hydrogen (secondary N) is 1. The Kier molecular flexibility index (Phi) is 1.32. The Morgan fingerprint density at radius 3 is 2.91 bits per heavy atom. The molecule has 0 unspecified atom stereocenters. The summed E-state index contributed by atoms with van der Waals surface area (Å²) < 4.78 is 0. The number of aromatic nitrogens is 1. The quantitative estimate of drug-likeness (QED) is 0.708. The summed E-state index contributed by atoms with van der Waals surface area (Å²) in [6.45, 7) is 2.20. The molecule has 1 aromatic heterocycles. The van der Waals surface area contributed by atoms with Gasteiger partial charge in [-0.1, -0.05) is 11.3 Å². The van der Waals surface area contributed by atoms with Crippen molar-refractivity contribution in [1.29, 1.82) is 0 Å². The zero-order chi connectivity index (χ0) is 7.90. The summed E-state index contributed by atoms with van der Waals surface area (Å²) in [5.74, 6) is 0. The predicted molar refractivity (Wildman–Crippen MR) is 47.8 cm³/mol. The number of nitrogens with zero attached hydrogens (tertiary/aromatic N) is 1. The number of hydrogen-bond acceptors (Lipinski definition) is 4. The molecule has 0 saturated heterocycles. The van der Waals surface area contributed by atoms with Gasteiger partial charge >= 0.3 is 0 Å². The fourth-order valence-electron chi connectivity index (χ4n) is 0.915. The van der Waals surface area contributed by atoms with E-state index in [-0.39, 0.29) is 0 Å². The van der Waals surface area contributed by atoms with Crippen molar-refractivity contribution < 1.29 is 0 Å². The van der Waals surface area contributed by atoms with Crippen molar-refractivity contribution in [3.63, 3.8) is 0 Å². The Hall–Kier alpha value is -0.770. The molecule has 1 aromatic rings. The molecule has 0 amide bonds. The van der Waals surface area contributed by atoms with Crippen molar-refractivity contribution in [1.82, 2.24) is 4.98 Å². The molecule has 0 spiro atoms. The van der Waals surface area contributed by atoms with Gasteiger partial charge in [0, 0.05) is 5.54 Å². The lowest BCUT2D eigenvalue weighted by Crippen LogP contribution is -2.15. The standard InChI is InChI=1S/C7H11N3S/c1-7(2-3-7)10-6-9-4-5(8)11-6/h4H,2-3,8H2,1H3,(H,9,10). The molecule has 3 nitrogen and oxygen atoms in total. The van der Waals surface area contributed by atoms with Crippen molar-refractivity contribution in [2.24, 2.45) is 0 Å². The average molecular weight is 169 g/mol. The van der Waals surface area contributed by atoms with E-state index in [0.717, 1.165) is 10.1 Å². The van der Waals surface area contributed by atoms with E-state index >= 15 is 0 Å². The Bertz CT molecular complexity index is 264. The van der Waals surface area contributed by atoms with E-state index < -0.39 is 0 Å². The van der Waals surface area contributed by atoms with Crippen LogP contribution in [0.5, 0.6) is 0 Å². The maximum absolute atomic E-state index is 5.53. The van der Waals surface area contributed by atoms with E-state index in [1.165, 1.54) is 24.2 Å². The lowest BCUT2D eigenvalue weighted by atomic mass is 10.3. The predicted octanol–water partition coefficient (Wildman–Crippen LogP) is 1.69. The Morgan fingerprint density at radius 2 is 2.45 bits per heavy atom. The van der Waals surface area contributed by atoms with E-state index in [1.807, 2.05) is 0 Å². The van der Waals surface area contributed by atoms with Crippen molar-refractivity contribution in [3.8, 4) is 0 Å². The minimum absolute atomic E-state index is 0.310. The number of nitrogen functional groups attached to an aromatic ring is 1. The molecule has 11 heavy (non-hydrogen) atoms. The van der Waals surface area contributed by atoms with Crippen LogP contribution in [-0.4, -0.2) is 10.5 Å². The first-order chi connectivity index (χ1) is 5.18. The van der Waals surface area contributed by atoms with Gasteiger partial charge in [0.25, 0.3) is 0 Å². The number of anilines is 2. The van der Waals surface area contributed by atoms with Gasteiger partial charge in [0.15, 0.2) is 5.13 Å². The summed E-state index contributed by atoms with van der Waals surface area (Å²) in [5, 5.41) is 5.06. The maximum atomic E-state index is 5.53. The number of nitrogens with two attached hydrogens (primary N) is 1. The fraction of sp³-hybridized carbons (Fsp3) is 0.571. The maximum Gasteiger partial charge on any atom is 0.185 e. The highest BCUT2D eigenvalue weighted by Crippen LogP contribution is 2.39. The van der Waals surface area contributed by atoms with Crippen LogP contribution < -0.4 is 11.1 Å². The SMILES string of the molecule is CC1(Nc2ncc(N)s2)CC1. The number of thiazole rings is 1. The molecule has 0 radical (unpaired) electrons. The topological polar surface area (TPSA) is 50.9 Å². The summed E-state index contributed by atoms with van der Waals surface area (Å²) in [4.78, 5) is 4.12. The Balaban J connectivity index is 2.06. The molecule has 1 heterocycles. The van der Waals surface area contributed by atoms with Gasteiger partial charge in [-0.25, -0.2) is 4.98 Å². The molecule has 0 atom stereocenters. The van der Waals surface area contributed by atoms with Crippen molar-refractivity contribution in [2.75, 3.05) is 11.1 Å². The van der Waals surface area contributed by atoms with Crippen LogP contribution in [0.1, 0.15) is 19.8 Å². The molecule has 1 saturated carbocycles. The zero-order valence-corrected chi connectivity index (χ0v) is 7.24. The molecule has 0 aromatic carbocycles. The van der Waals surface area contributed by atoms with Crippen molar-refractivity contribution in [2.45, 2.75) is 25.3 Å². The van der Waals surface area contributed by atoms with Crippen molar-refractivity contribution in [3.05, 3.63) is 6.20 Å². The van der Waals surface area contributed by atoms with Gasteiger partial charge in [-0.3, -0.25) is 0 Å². The lowest BCUT2D eigenvalue weighted by Gasteiger charge is -2.07. The number of rotatable bonds is 2. The molecular weight excluding hydrogens is 158 g/mol. The molecule has 60 valence electrons. The molecule has 1 aliphatic rings. The monoisotopic (exact) mass is 169 g/mol. The summed E-state index contributed by atoms with van der Waals surface area (Å²) >= 11 is 1.51. The van der Waals surface area contributed by atoms with Gasteiger partial charge in [0.2, 0.25) is 0 Å². The molecule has 0 bridgehead atoms. The van der Waals surface area contributed by atoms with Crippen LogP contribution in [-0.2, 0) is 0 Å². The van der Waals surface area contributed by atoms with Gasteiger partial charge < -0.3 is 11.1 Å². The number of hydrogen-bond donors (Lipinski definition) is 2. The molecular formula is C7H11N3S. The normalized spacial score (nSPS) is 19.7. The Labute approximate surface area is 69.6 Å². The van der Waals surface area contributed by atoms with E-state index in [9.17, 15) is 0 Å². The smallest absolute Gasteiger partial charge is 0.185 e. The van der Waals surface area contributed by atoms with Crippen LogP contribution in [0.15, 0.2) is 6.20 Å². The third-order valence-corrected chi connectivity index (χ3v) is 2.67. The third kappa shape index (κ3) is 1.45. The van der Waals surface area contributed by atoms with E-state index in [0.29, 0.717) is 5.54 Å². The van der Waals surface area contributed by atoms with Crippen LogP contribution >= 0.6 is 11.3 Å². The Morgan fingerprint density at radius 1 is 1.73 bits per heavy atom. The van der Waals surface area contributed by atoms with Crippen LogP contribution in [0, 0.1) is 0 Å². The largest absolute Gasteiger partial charge is 0.389 e. The van der Waals surface area contributed by atoms with Gasteiger partial charge in [0.05, 0.1) is 6.20 Å². The fourth-order valence-corrected chi connectivity index (χ4v) is 1.65. The van der Waals surface area contributed by atoms with Gasteiger partial charge in [0.1, 0.15) is 5.00 Å². The molecule has 1 aliphatic carbocycles. The highest BCUT2D eigenvalue weighted by molar-refractivity contribution is 7.19. The van der Waals surface area contributed by atoms with Gasteiger partial charge in [-0.15, -0.1) is 0 Å². The average Bonchev–Trinajstić information content (AvgIpc) is 2.49. The highest BCUT2D eigenvalue weighted by atomic mass is 32.1. The second-order valence-electron chi connectivity index (χ2n) is 3.25. The summed E-state index contributed by atoms with van der Waals surface area (Å²) in [7, 11) is 0. The summed E-state index contributed by atoms with van der Waals surface area (Å²) in [5.41, 5.74) is 5.84. The van der Waals surface area contributed by atoms with Crippen molar-refractivity contribution >= 4 is 21.5 Å². The van der Waals surface area contributed by atoms with Gasteiger partial charge in [-0.05, 0) is 19.8 Å². The van der Waals surface area contributed by atoms with E-state index in [4.69, 9.17) is 5.73 Å². The van der Waals surface area contributed by atoms with E-state index in [1.54, 1.807) is 6.20 Å². The van der Waals surface area contributed by atoms with Crippen LogP contribution in [0.25, 0.3) is 0 Å².